The van der Waals surface area contributed by atoms with E-state index in [1.54, 1.807) is 4.68 Å². The van der Waals surface area contributed by atoms with E-state index in [4.69, 9.17) is 0 Å². The summed E-state index contributed by atoms with van der Waals surface area (Å²) in [7, 11) is 1.81. The van der Waals surface area contributed by atoms with Gasteiger partial charge in [0.2, 0.25) is 0 Å². The monoisotopic (exact) mass is 294 g/mol. The Hall–Kier alpha value is -2.05. The Morgan fingerprint density at radius 2 is 2.05 bits per heavy atom. The minimum Gasteiger partial charge on any atom is -0.480 e. The third-order valence-corrected chi connectivity index (χ3v) is 4.00. The molecular weight excluding hydrogens is 272 g/mol. The van der Waals surface area contributed by atoms with Crippen LogP contribution in [0.1, 0.15) is 43.5 Å². The highest BCUT2D eigenvalue weighted by Gasteiger charge is 2.40. The lowest BCUT2D eigenvalue weighted by Gasteiger charge is -2.33. The van der Waals surface area contributed by atoms with E-state index in [2.05, 4.69) is 15.7 Å². The number of nitrogens with zero attached hydrogens (tertiary/aromatic N) is 2. The summed E-state index contributed by atoms with van der Waals surface area (Å²) in [6.07, 6.45) is 3.65. The molecular formula is C14H22N4O3. The quantitative estimate of drug-likeness (QED) is 0.780. The lowest BCUT2D eigenvalue weighted by atomic mass is 9.82. The normalized spacial score (nSPS) is 17.2. The van der Waals surface area contributed by atoms with E-state index >= 15 is 0 Å². The molecule has 7 nitrogen and oxygen atoms in total. The summed E-state index contributed by atoms with van der Waals surface area (Å²) >= 11 is 0. The van der Waals surface area contributed by atoms with Crippen LogP contribution in [0.25, 0.3) is 0 Å². The maximum atomic E-state index is 12.0. The molecule has 0 atom stereocenters. The van der Waals surface area contributed by atoms with Crippen molar-refractivity contribution in [2.75, 3.05) is 0 Å². The molecule has 21 heavy (non-hydrogen) atoms. The van der Waals surface area contributed by atoms with Crippen molar-refractivity contribution in [3.8, 4) is 0 Å². The number of urea groups is 1. The highest BCUT2D eigenvalue weighted by atomic mass is 16.4. The molecule has 1 aromatic heterocycles. The van der Waals surface area contributed by atoms with Gasteiger partial charge in [0.25, 0.3) is 0 Å². The van der Waals surface area contributed by atoms with Crippen LogP contribution in [-0.4, -0.2) is 32.4 Å². The smallest absolute Gasteiger partial charge is 0.329 e. The van der Waals surface area contributed by atoms with Crippen molar-refractivity contribution in [2.45, 2.75) is 51.1 Å². The first-order valence-electron chi connectivity index (χ1n) is 7.22. The number of hydrogen-bond acceptors (Lipinski definition) is 3. The van der Waals surface area contributed by atoms with Crippen LogP contribution in [0.5, 0.6) is 0 Å². The van der Waals surface area contributed by atoms with Crippen molar-refractivity contribution in [2.24, 2.45) is 7.05 Å². The Balaban J connectivity index is 1.94. The van der Waals surface area contributed by atoms with Gasteiger partial charge in [0, 0.05) is 7.05 Å². The molecule has 2 amide bonds. The second-order valence-electron chi connectivity index (χ2n) is 5.66. The first-order valence-corrected chi connectivity index (χ1v) is 7.22. The fraction of sp³-hybridized carbons (Fsp3) is 0.643. The minimum atomic E-state index is -1.12. The number of aryl methyl sites for hydroxylation is 2. The number of carboxylic acids is 1. The number of carboxylic acid groups (broad SMARTS) is 1. The predicted octanol–water partition coefficient (Wildman–Crippen LogP) is 1.32. The van der Waals surface area contributed by atoms with Gasteiger partial charge in [-0.05, 0) is 25.8 Å². The van der Waals surface area contributed by atoms with E-state index in [9.17, 15) is 14.7 Å². The fourth-order valence-corrected chi connectivity index (χ4v) is 2.81. The lowest BCUT2D eigenvalue weighted by molar-refractivity contribution is -0.145. The predicted molar refractivity (Wildman–Crippen MR) is 76.8 cm³/mol. The van der Waals surface area contributed by atoms with Gasteiger partial charge in [-0.25, -0.2) is 9.59 Å². The average molecular weight is 294 g/mol. The van der Waals surface area contributed by atoms with Crippen molar-refractivity contribution in [1.29, 1.82) is 0 Å². The van der Waals surface area contributed by atoms with Gasteiger partial charge in [0.1, 0.15) is 5.54 Å². The van der Waals surface area contributed by atoms with E-state index in [1.807, 2.05) is 20.0 Å². The Kier molecular flexibility index (Phi) is 4.50. The highest BCUT2D eigenvalue weighted by Crippen LogP contribution is 2.28. The standard InChI is InChI=1S/C14H22N4O3/c1-10-8-11(18(2)17-10)9-15-13(21)16-14(12(19)20)6-4-3-5-7-14/h8H,3-7,9H2,1-2H3,(H,19,20)(H2,15,16,21). The minimum absolute atomic E-state index is 0.318. The largest absolute Gasteiger partial charge is 0.480 e. The maximum absolute atomic E-state index is 12.0. The molecule has 0 unspecified atom stereocenters. The molecule has 0 aromatic carbocycles. The van der Waals surface area contributed by atoms with Gasteiger partial charge in [-0.3, -0.25) is 4.68 Å². The van der Waals surface area contributed by atoms with Crippen molar-refractivity contribution in [3.63, 3.8) is 0 Å². The summed E-state index contributed by atoms with van der Waals surface area (Å²) in [6, 6.07) is 1.44. The Morgan fingerprint density at radius 1 is 1.38 bits per heavy atom. The molecule has 2 rings (SSSR count). The third-order valence-electron chi connectivity index (χ3n) is 4.00. The van der Waals surface area contributed by atoms with E-state index in [0.717, 1.165) is 30.7 Å². The van der Waals surface area contributed by atoms with Crippen LogP contribution < -0.4 is 10.6 Å². The zero-order chi connectivity index (χ0) is 15.5. The topological polar surface area (TPSA) is 96.3 Å². The van der Waals surface area contributed by atoms with Crippen molar-refractivity contribution < 1.29 is 14.7 Å². The van der Waals surface area contributed by atoms with Crippen molar-refractivity contribution in [1.82, 2.24) is 20.4 Å². The molecule has 1 aliphatic carbocycles. The Bertz CT molecular complexity index is 532. The molecule has 0 radical (unpaired) electrons. The van der Waals surface area contributed by atoms with Crippen LogP contribution in [0, 0.1) is 6.92 Å². The summed E-state index contributed by atoms with van der Waals surface area (Å²) in [5.74, 6) is -0.950. The molecule has 116 valence electrons. The first kappa shape index (κ1) is 15.3. The van der Waals surface area contributed by atoms with Crippen molar-refractivity contribution >= 4 is 12.0 Å². The number of amides is 2. The molecule has 0 bridgehead atoms. The van der Waals surface area contributed by atoms with Gasteiger partial charge in [0.05, 0.1) is 17.9 Å². The maximum Gasteiger partial charge on any atom is 0.329 e. The number of carbonyl (C=O) groups excluding carboxylic acids is 1. The summed E-state index contributed by atoms with van der Waals surface area (Å²) in [5.41, 5.74) is 0.629. The number of aromatic nitrogens is 2. The van der Waals surface area contributed by atoms with E-state index in [1.165, 1.54) is 0 Å². The first-order chi connectivity index (χ1) is 9.93. The molecule has 0 saturated heterocycles. The average Bonchev–Trinajstić information content (AvgIpc) is 2.75. The third kappa shape index (κ3) is 3.53. The van der Waals surface area contributed by atoms with Crippen molar-refractivity contribution in [3.05, 3.63) is 17.5 Å². The molecule has 0 aliphatic heterocycles. The zero-order valence-electron chi connectivity index (χ0n) is 12.5. The van der Waals surface area contributed by atoms with Crippen LogP contribution in [0.3, 0.4) is 0 Å². The van der Waals surface area contributed by atoms with Crippen LogP contribution in [0.2, 0.25) is 0 Å². The van der Waals surface area contributed by atoms with Gasteiger partial charge >= 0.3 is 12.0 Å². The number of rotatable bonds is 4. The molecule has 1 saturated carbocycles. The summed E-state index contributed by atoms with van der Waals surface area (Å²) in [5, 5.41) is 19.0. The lowest BCUT2D eigenvalue weighted by Crippen LogP contribution is -2.58. The second kappa shape index (κ2) is 6.15. The van der Waals surface area contributed by atoms with Gasteiger partial charge in [-0.15, -0.1) is 0 Å². The zero-order valence-corrected chi connectivity index (χ0v) is 12.5. The SMILES string of the molecule is Cc1cc(CNC(=O)NC2(C(=O)O)CCCCC2)n(C)n1. The van der Waals surface area contributed by atoms with Crippen LogP contribution in [0.15, 0.2) is 6.07 Å². The molecule has 0 spiro atoms. The molecule has 7 heteroatoms. The molecule has 1 aliphatic rings. The molecule has 1 heterocycles. The highest BCUT2D eigenvalue weighted by molar-refractivity contribution is 5.86. The fourth-order valence-electron chi connectivity index (χ4n) is 2.81. The number of nitrogens with one attached hydrogen (secondary N) is 2. The van der Waals surface area contributed by atoms with E-state index in [0.29, 0.717) is 19.4 Å². The van der Waals surface area contributed by atoms with Crippen LogP contribution in [-0.2, 0) is 18.4 Å². The molecule has 1 aromatic rings. The van der Waals surface area contributed by atoms with E-state index in [-0.39, 0.29) is 0 Å². The van der Waals surface area contributed by atoms with Crippen LogP contribution >= 0.6 is 0 Å². The van der Waals surface area contributed by atoms with Gasteiger partial charge < -0.3 is 15.7 Å². The second-order valence-corrected chi connectivity index (χ2v) is 5.66. The molecule has 3 N–H and O–H groups in total. The Labute approximate surface area is 123 Å². The van der Waals surface area contributed by atoms with Crippen LogP contribution in [0.4, 0.5) is 4.79 Å². The Morgan fingerprint density at radius 3 is 2.57 bits per heavy atom. The summed E-state index contributed by atoms with van der Waals surface area (Å²) < 4.78 is 1.70. The van der Waals surface area contributed by atoms with Gasteiger partial charge in [-0.1, -0.05) is 19.3 Å². The van der Waals surface area contributed by atoms with Gasteiger partial charge in [0.15, 0.2) is 0 Å². The summed E-state index contributed by atoms with van der Waals surface area (Å²) in [4.78, 5) is 23.5. The van der Waals surface area contributed by atoms with Gasteiger partial charge in [-0.2, -0.15) is 5.10 Å². The number of carbonyl (C=O) groups is 2. The van der Waals surface area contributed by atoms with E-state index < -0.39 is 17.5 Å². The number of aliphatic carboxylic acids is 1. The molecule has 1 fully saturated rings. The number of hydrogen-bond donors (Lipinski definition) is 3. The summed E-state index contributed by atoms with van der Waals surface area (Å²) in [6.45, 7) is 2.20.